The third kappa shape index (κ3) is 2.70. The number of carboxylic acid groups (broad SMARTS) is 1. The minimum atomic E-state index is -0.951. The van der Waals surface area contributed by atoms with Gasteiger partial charge < -0.3 is 9.84 Å². The first-order valence-electron chi connectivity index (χ1n) is 6.03. The van der Waals surface area contributed by atoms with E-state index >= 15 is 0 Å². The molecule has 0 radical (unpaired) electrons. The lowest BCUT2D eigenvalue weighted by molar-refractivity contribution is 0.0695. The Labute approximate surface area is 125 Å². The van der Waals surface area contributed by atoms with Crippen LogP contribution in [0.5, 0.6) is 5.75 Å². The summed E-state index contributed by atoms with van der Waals surface area (Å²) in [5.74, 6) is -0.204. The summed E-state index contributed by atoms with van der Waals surface area (Å²) >= 11 is 3.42. The molecule has 1 aromatic heterocycles. The molecule has 5 nitrogen and oxygen atoms in total. The van der Waals surface area contributed by atoms with Gasteiger partial charge in [0.05, 0.1) is 25.0 Å². The molecule has 20 heavy (non-hydrogen) atoms. The van der Waals surface area contributed by atoms with Crippen LogP contribution in [0.4, 0.5) is 0 Å². The maximum atomic E-state index is 11.2. The van der Waals surface area contributed by atoms with Crippen LogP contribution in [0, 0.1) is 13.8 Å². The van der Waals surface area contributed by atoms with Gasteiger partial charge in [-0.2, -0.15) is 5.10 Å². The number of hydrogen-bond acceptors (Lipinski definition) is 3. The molecule has 0 saturated heterocycles. The largest absolute Gasteiger partial charge is 0.496 e. The quantitative estimate of drug-likeness (QED) is 0.930. The molecule has 0 atom stereocenters. The number of hydrogen-bond donors (Lipinski definition) is 1. The number of aryl methyl sites for hydroxylation is 1. The number of carbonyl (C=O) groups is 1. The van der Waals surface area contributed by atoms with E-state index in [1.807, 2.05) is 18.2 Å². The molecule has 0 spiro atoms. The van der Waals surface area contributed by atoms with Crippen molar-refractivity contribution in [3.63, 3.8) is 0 Å². The topological polar surface area (TPSA) is 64.4 Å². The maximum absolute atomic E-state index is 11.2. The average Bonchev–Trinajstić information content (AvgIpc) is 2.64. The molecule has 0 bridgehead atoms. The van der Waals surface area contributed by atoms with E-state index in [0.717, 1.165) is 15.8 Å². The minimum Gasteiger partial charge on any atom is -0.496 e. The highest BCUT2D eigenvalue weighted by molar-refractivity contribution is 9.10. The van der Waals surface area contributed by atoms with Crippen LogP contribution < -0.4 is 4.74 Å². The number of nitrogens with zero attached hydrogens (tertiary/aromatic N) is 2. The van der Waals surface area contributed by atoms with Crippen molar-refractivity contribution in [2.45, 2.75) is 20.4 Å². The second kappa shape index (κ2) is 5.66. The number of methoxy groups -OCH3 is 1. The molecule has 1 aromatic carbocycles. The van der Waals surface area contributed by atoms with Crippen LogP contribution in [0.2, 0.25) is 0 Å². The Hall–Kier alpha value is -1.82. The van der Waals surface area contributed by atoms with Crippen molar-refractivity contribution in [3.8, 4) is 5.75 Å². The number of rotatable bonds is 4. The zero-order valence-electron chi connectivity index (χ0n) is 11.5. The third-order valence-corrected chi connectivity index (χ3v) is 3.65. The second-order valence-corrected chi connectivity index (χ2v) is 5.38. The lowest BCUT2D eigenvalue weighted by Gasteiger charge is -2.10. The monoisotopic (exact) mass is 338 g/mol. The highest BCUT2D eigenvalue weighted by Gasteiger charge is 2.18. The second-order valence-electron chi connectivity index (χ2n) is 4.46. The van der Waals surface area contributed by atoms with Gasteiger partial charge in [0.2, 0.25) is 0 Å². The Morgan fingerprint density at radius 3 is 2.70 bits per heavy atom. The van der Waals surface area contributed by atoms with Crippen LogP contribution in [-0.4, -0.2) is 28.0 Å². The summed E-state index contributed by atoms with van der Waals surface area (Å²) in [5, 5.41) is 13.5. The lowest BCUT2D eigenvalue weighted by Crippen LogP contribution is -2.07. The van der Waals surface area contributed by atoms with Gasteiger partial charge in [0.15, 0.2) is 0 Å². The summed E-state index contributed by atoms with van der Waals surface area (Å²) in [5.41, 5.74) is 2.35. The van der Waals surface area contributed by atoms with Crippen molar-refractivity contribution in [2.75, 3.05) is 7.11 Å². The van der Waals surface area contributed by atoms with Gasteiger partial charge in [0.25, 0.3) is 0 Å². The number of carboxylic acids is 1. The lowest BCUT2D eigenvalue weighted by atomic mass is 10.2. The van der Waals surface area contributed by atoms with Crippen LogP contribution in [-0.2, 0) is 6.54 Å². The van der Waals surface area contributed by atoms with E-state index in [-0.39, 0.29) is 5.56 Å². The van der Waals surface area contributed by atoms with Crippen molar-refractivity contribution >= 4 is 21.9 Å². The Balaban J connectivity index is 2.43. The molecule has 1 heterocycles. The zero-order chi connectivity index (χ0) is 14.9. The summed E-state index contributed by atoms with van der Waals surface area (Å²) in [7, 11) is 1.61. The van der Waals surface area contributed by atoms with Crippen LogP contribution in [0.15, 0.2) is 22.7 Å². The van der Waals surface area contributed by atoms with Crippen molar-refractivity contribution in [1.29, 1.82) is 0 Å². The molecule has 0 aliphatic carbocycles. The van der Waals surface area contributed by atoms with Crippen molar-refractivity contribution in [1.82, 2.24) is 9.78 Å². The zero-order valence-corrected chi connectivity index (χ0v) is 13.1. The first kappa shape index (κ1) is 14.6. The first-order chi connectivity index (χ1) is 9.43. The van der Waals surface area contributed by atoms with Gasteiger partial charge >= 0.3 is 5.97 Å². The molecular weight excluding hydrogens is 324 g/mol. The normalized spacial score (nSPS) is 10.6. The Kier molecular flexibility index (Phi) is 4.13. The van der Waals surface area contributed by atoms with E-state index in [9.17, 15) is 9.90 Å². The summed E-state index contributed by atoms with van der Waals surface area (Å²) in [4.78, 5) is 11.2. The molecular formula is C14H15BrN2O3. The molecule has 6 heteroatoms. The number of aromatic carboxylic acids is 1. The predicted molar refractivity (Wildman–Crippen MR) is 78.5 cm³/mol. The number of halogens is 1. The van der Waals surface area contributed by atoms with Gasteiger partial charge in [-0.15, -0.1) is 0 Å². The molecule has 1 N–H and O–H groups in total. The maximum Gasteiger partial charge on any atom is 0.339 e. The first-order valence-corrected chi connectivity index (χ1v) is 6.83. The minimum absolute atomic E-state index is 0.263. The van der Waals surface area contributed by atoms with Crippen molar-refractivity contribution in [2.24, 2.45) is 0 Å². The van der Waals surface area contributed by atoms with E-state index in [4.69, 9.17) is 4.74 Å². The van der Waals surface area contributed by atoms with E-state index < -0.39 is 5.97 Å². The molecule has 106 valence electrons. The van der Waals surface area contributed by atoms with Gasteiger partial charge in [0, 0.05) is 10.0 Å². The van der Waals surface area contributed by atoms with E-state index in [1.54, 1.807) is 25.6 Å². The molecule has 0 saturated carbocycles. The SMILES string of the molecule is COc1ccc(Br)cc1Cn1nc(C)c(C(=O)O)c1C. The standard InChI is InChI=1S/C14H15BrN2O3/c1-8-13(14(18)19)9(2)17(16-8)7-10-6-11(15)4-5-12(10)20-3/h4-6H,7H2,1-3H3,(H,18,19). The van der Waals surface area contributed by atoms with Gasteiger partial charge in [-0.3, -0.25) is 4.68 Å². The molecule has 0 aliphatic rings. The predicted octanol–water partition coefficient (Wildman–Crippen LogP) is 3.02. The van der Waals surface area contributed by atoms with Gasteiger partial charge in [0.1, 0.15) is 11.3 Å². The Bertz CT molecular complexity index is 665. The smallest absolute Gasteiger partial charge is 0.339 e. The van der Waals surface area contributed by atoms with Crippen LogP contribution in [0.1, 0.15) is 27.3 Å². The molecule has 0 amide bonds. The van der Waals surface area contributed by atoms with Gasteiger partial charge in [-0.25, -0.2) is 4.79 Å². The third-order valence-electron chi connectivity index (χ3n) is 3.16. The fraction of sp³-hybridized carbons (Fsp3) is 0.286. The molecule has 2 aromatic rings. The van der Waals surface area contributed by atoms with E-state index in [1.165, 1.54) is 0 Å². The molecule has 0 fully saturated rings. The van der Waals surface area contributed by atoms with Crippen LogP contribution in [0.25, 0.3) is 0 Å². The van der Waals surface area contributed by atoms with Crippen molar-refractivity contribution in [3.05, 3.63) is 45.2 Å². The summed E-state index contributed by atoms with van der Waals surface area (Å²) in [6.07, 6.45) is 0. The molecule has 2 rings (SSSR count). The number of benzene rings is 1. The fourth-order valence-corrected chi connectivity index (χ4v) is 2.60. The van der Waals surface area contributed by atoms with Gasteiger partial charge in [-0.1, -0.05) is 15.9 Å². The number of aromatic nitrogens is 2. The molecule has 0 unspecified atom stereocenters. The molecule has 0 aliphatic heterocycles. The summed E-state index contributed by atoms with van der Waals surface area (Å²) < 4.78 is 7.94. The average molecular weight is 339 g/mol. The van der Waals surface area contributed by atoms with E-state index in [2.05, 4.69) is 21.0 Å². The highest BCUT2D eigenvalue weighted by atomic mass is 79.9. The van der Waals surface area contributed by atoms with Gasteiger partial charge in [-0.05, 0) is 32.0 Å². The van der Waals surface area contributed by atoms with Crippen LogP contribution in [0.3, 0.4) is 0 Å². The fourth-order valence-electron chi connectivity index (χ4n) is 2.19. The Morgan fingerprint density at radius 2 is 2.15 bits per heavy atom. The highest BCUT2D eigenvalue weighted by Crippen LogP contribution is 2.25. The number of ether oxygens (including phenoxy) is 1. The Morgan fingerprint density at radius 1 is 1.45 bits per heavy atom. The summed E-state index contributed by atoms with van der Waals surface area (Å²) in [6.45, 7) is 3.92. The summed E-state index contributed by atoms with van der Waals surface area (Å²) in [6, 6.07) is 5.70. The van der Waals surface area contributed by atoms with Crippen LogP contribution >= 0.6 is 15.9 Å². The van der Waals surface area contributed by atoms with E-state index in [0.29, 0.717) is 17.9 Å². The van der Waals surface area contributed by atoms with Crippen molar-refractivity contribution < 1.29 is 14.6 Å².